The van der Waals surface area contributed by atoms with Crippen molar-refractivity contribution in [1.82, 2.24) is 0 Å². The third-order valence-electron chi connectivity index (χ3n) is 6.41. The van der Waals surface area contributed by atoms with Crippen LogP contribution >= 0.6 is 0 Å². The van der Waals surface area contributed by atoms with Gasteiger partial charge in [0.25, 0.3) is 0 Å². The summed E-state index contributed by atoms with van der Waals surface area (Å²) < 4.78 is 5.73. The fourth-order valence-electron chi connectivity index (χ4n) is 4.15. The van der Waals surface area contributed by atoms with Crippen LogP contribution in [0.3, 0.4) is 0 Å². The lowest BCUT2D eigenvalue weighted by molar-refractivity contribution is -0.131. The van der Waals surface area contributed by atoms with E-state index in [4.69, 9.17) is 14.9 Å². The van der Waals surface area contributed by atoms with Gasteiger partial charge in [-0.1, -0.05) is 111 Å². The molecular weight excluding hydrogens is 512 g/mol. The zero-order valence-corrected chi connectivity index (χ0v) is 23.3. The molecule has 41 heavy (non-hydrogen) atoms. The zero-order valence-electron chi connectivity index (χ0n) is 23.3. The fraction of sp³-hybridized carbons (Fsp3) is 0.222. The number of carbonyl (C=O) groups excluding carboxylic acids is 1. The van der Waals surface area contributed by atoms with Crippen molar-refractivity contribution in [1.29, 1.82) is 0 Å². The third-order valence-corrected chi connectivity index (χ3v) is 6.41. The van der Waals surface area contributed by atoms with E-state index in [0.717, 1.165) is 55.9 Å². The lowest BCUT2D eigenvalue weighted by Gasteiger charge is -2.07. The Morgan fingerprint density at radius 2 is 1.10 bits per heavy atom. The first-order valence-electron chi connectivity index (χ1n) is 14.1. The van der Waals surface area contributed by atoms with Crippen LogP contribution in [0.5, 0.6) is 5.75 Å². The topological polar surface area (TPSA) is 83.8 Å². The summed E-state index contributed by atoms with van der Waals surface area (Å²) in [5.74, 6) is -0.352. The number of aliphatic hydroxyl groups is 1. The second-order valence-electron chi connectivity index (χ2n) is 9.57. The van der Waals surface area contributed by atoms with E-state index in [1.165, 1.54) is 17.2 Å². The van der Waals surface area contributed by atoms with Gasteiger partial charge in [0.1, 0.15) is 5.75 Å². The predicted molar refractivity (Wildman–Crippen MR) is 165 cm³/mol. The van der Waals surface area contributed by atoms with Crippen LogP contribution in [-0.2, 0) is 4.79 Å². The number of carboxylic acid groups (broad SMARTS) is 1. The maximum atomic E-state index is 12.6. The molecule has 0 aliphatic rings. The highest BCUT2D eigenvalue weighted by atomic mass is 16.5. The van der Waals surface area contributed by atoms with Crippen LogP contribution in [0.2, 0.25) is 0 Å². The Morgan fingerprint density at radius 3 is 1.61 bits per heavy atom. The summed E-state index contributed by atoms with van der Waals surface area (Å²) in [4.78, 5) is 23.1. The summed E-state index contributed by atoms with van der Waals surface area (Å²) in [6.07, 6.45) is 8.91. The minimum absolute atomic E-state index is 0.0896. The van der Waals surface area contributed by atoms with Crippen LogP contribution in [0.15, 0.2) is 115 Å². The van der Waals surface area contributed by atoms with Crippen molar-refractivity contribution >= 4 is 17.8 Å². The molecule has 4 aromatic rings. The molecule has 4 rings (SSSR count). The van der Waals surface area contributed by atoms with E-state index < -0.39 is 5.97 Å². The van der Waals surface area contributed by atoms with Crippen molar-refractivity contribution in [3.63, 3.8) is 0 Å². The molecular formula is C36H38O5. The Bertz CT molecular complexity index is 1290. The Hall–Kier alpha value is -4.48. The molecule has 0 aromatic heterocycles. The number of carbonyl (C=O) groups is 2. The molecule has 5 heteroatoms. The van der Waals surface area contributed by atoms with E-state index in [-0.39, 0.29) is 12.4 Å². The van der Waals surface area contributed by atoms with Gasteiger partial charge in [0, 0.05) is 23.8 Å². The summed E-state index contributed by atoms with van der Waals surface area (Å²) in [5.41, 5.74) is 4.40. The first-order valence-corrected chi connectivity index (χ1v) is 14.1. The van der Waals surface area contributed by atoms with Crippen molar-refractivity contribution in [2.75, 3.05) is 13.2 Å². The first kappa shape index (κ1) is 31.1. The van der Waals surface area contributed by atoms with Gasteiger partial charge in [-0.15, -0.1) is 0 Å². The predicted octanol–water partition coefficient (Wildman–Crippen LogP) is 8.08. The van der Waals surface area contributed by atoms with Crippen LogP contribution < -0.4 is 4.74 Å². The molecule has 0 bridgehead atoms. The smallest absolute Gasteiger partial charge is 0.328 e. The van der Waals surface area contributed by atoms with Crippen LogP contribution in [0.25, 0.3) is 17.2 Å². The molecule has 0 aliphatic heterocycles. The number of rotatable bonds is 14. The Kier molecular flexibility index (Phi) is 13.6. The molecule has 212 valence electrons. The van der Waals surface area contributed by atoms with Gasteiger partial charge in [0.05, 0.1) is 6.61 Å². The molecule has 0 fully saturated rings. The van der Waals surface area contributed by atoms with Gasteiger partial charge in [-0.2, -0.15) is 0 Å². The summed E-state index contributed by atoms with van der Waals surface area (Å²) in [6.45, 7) is 0.926. The molecule has 0 atom stereocenters. The van der Waals surface area contributed by atoms with Gasteiger partial charge < -0.3 is 14.9 Å². The molecule has 0 unspecified atom stereocenters. The quantitative estimate of drug-likeness (QED) is 0.0942. The van der Waals surface area contributed by atoms with Crippen molar-refractivity contribution < 1.29 is 24.5 Å². The van der Waals surface area contributed by atoms with E-state index in [9.17, 15) is 9.59 Å². The molecule has 0 saturated carbocycles. The van der Waals surface area contributed by atoms with Gasteiger partial charge >= 0.3 is 5.97 Å². The average molecular weight is 551 g/mol. The van der Waals surface area contributed by atoms with Crippen molar-refractivity contribution in [2.45, 2.75) is 38.5 Å². The van der Waals surface area contributed by atoms with Gasteiger partial charge in [0.2, 0.25) is 0 Å². The van der Waals surface area contributed by atoms with Gasteiger partial charge in [0.15, 0.2) is 5.78 Å². The zero-order chi connectivity index (χ0) is 29.1. The highest BCUT2D eigenvalue weighted by molar-refractivity contribution is 6.09. The number of aliphatic hydroxyl groups excluding tert-OH is 1. The van der Waals surface area contributed by atoms with Crippen molar-refractivity contribution in [2.24, 2.45) is 0 Å². The fourth-order valence-corrected chi connectivity index (χ4v) is 4.15. The summed E-state index contributed by atoms with van der Waals surface area (Å²) in [5, 5.41) is 17.4. The Morgan fingerprint density at radius 1 is 0.610 bits per heavy atom. The summed E-state index contributed by atoms with van der Waals surface area (Å²) in [7, 11) is 0. The maximum absolute atomic E-state index is 12.6. The van der Waals surface area contributed by atoms with E-state index in [1.807, 2.05) is 12.1 Å². The van der Waals surface area contributed by atoms with E-state index in [1.54, 1.807) is 48.5 Å². The normalized spacial score (nSPS) is 10.6. The highest BCUT2D eigenvalue weighted by Crippen LogP contribution is 2.18. The highest BCUT2D eigenvalue weighted by Gasteiger charge is 2.09. The molecule has 5 nitrogen and oxygen atoms in total. The summed E-state index contributed by atoms with van der Waals surface area (Å²) >= 11 is 0. The molecule has 0 spiro atoms. The average Bonchev–Trinajstić information content (AvgIpc) is 3.03. The van der Waals surface area contributed by atoms with Crippen molar-refractivity contribution in [3.05, 3.63) is 132 Å². The molecule has 0 radical (unpaired) electrons. The largest absolute Gasteiger partial charge is 0.494 e. The Balaban J connectivity index is 0.000000317. The summed E-state index contributed by atoms with van der Waals surface area (Å²) in [6, 6.07) is 34.7. The molecule has 2 N–H and O–H groups in total. The van der Waals surface area contributed by atoms with Crippen LogP contribution in [0.1, 0.15) is 60.0 Å². The number of ketones is 1. The monoisotopic (exact) mass is 550 g/mol. The van der Waals surface area contributed by atoms with E-state index >= 15 is 0 Å². The Labute approximate surface area is 242 Å². The second-order valence-corrected chi connectivity index (χ2v) is 9.57. The number of hydrogen-bond acceptors (Lipinski definition) is 4. The third kappa shape index (κ3) is 11.7. The minimum atomic E-state index is -1.01. The molecule has 0 aliphatic carbocycles. The number of ether oxygens (including phenoxy) is 1. The molecule has 0 amide bonds. The first-order chi connectivity index (χ1) is 20.1. The maximum Gasteiger partial charge on any atom is 0.328 e. The molecule has 4 aromatic carbocycles. The second kappa shape index (κ2) is 18.0. The molecule has 0 heterocycles. The van der Waals surface area contributed by atoms with Gasteiger partial charge in [-0.25, -0.2) is 4.79 Å². The number of carboxylic acids is 1. The SMILES string of the molecule is O=C(O)C=Cc1ccc(C(=O)c2ccc(OCCCCCCCCO)cc2)cc1.c1ccc(-c2ccccc2)cc1. The number of benzene rings is 4. The standard InChI is InChI=1S/C24H28O5.C12H10/c25-17-5-3-1-2-4-6-18-29-22-14-12-21(13-15-22)24(28)20-10-7-19(8-11-20)9-16-23(26)27;1-3-7-11(8-4-1)12-9-5-2-6-10-12/h7-16,25H,1-6,17-18H2,(H,26,27);1-10H. The van der Waals surface area contributed by atoms with Crippen LogP contribution in [-0.4, -0.2) is 35.2 Å². The number of aliphatic carboxylic acids is 1. The number of hydrogen-bond donors (Lipinski definition) is 2. The van der Waals surface area contributed by atoms with Gasteiger partial charge in [-0.05, 0) is 59.9 Å². The van der Waals surface area contributed by atoms with E-state index in [0.29, 0.717) is 17.7 Å². The van der Waals surface area contributed by atoms with Crippen molar-refractivity contribution in [3.8, 4) is 16.9 Å². The lowest BCUT2D eigenvalue weighted by atomic mass is 10.0. The van der Waals surface area contributed by atoms with E-state index in [2.05, 4.69) is 48.5 Å². The minimum Gasteiger partial charge on any atom is -0.494 e. The van der Waals surface area contributed by atoms with Crippen LogP contribution in [0.4, 0.5) is 0 Å². The van der Waals surface area contributed by atoms with Gasteiger partial charge in [-0.3, -0.25) is 4.79 Å². The lowest BCUT2D eigenvalue weighted by Crippen LogP contribution is -2.02. The van der Waals surface area contributed by atoms with Crippen LogP contribution in [0, 0.1) is 0 Å². The number of unbranched alkanes of at least 4 members (excludes halogenated alkanes) is 5. The molecule has 0 saturated heterocycles.